The van der Waals surface area contributed by atoms with Gasteiger partial charge in [0.25, 0.3) is 0 Å². The molecule has 0 bridgehead atoms. The summed E-state index contributed by atoms with van der Waals surface area (Å²) in [6, 6.07) is 0. The van der Waals surface area contributed by atoms with Crippen LogP contribution in [0.3, 0.4) is 0 Å². The summed E-state index contributed by atoms with van der Waals surface area (Å²) < 4.78 is 5.66. The number of fused-ring (bicyclic) bond motifs is 1. The van der Waals surface area contributed by atoms with Gasteiger partial charge in [0, 0.05) is 11.5 Å². The Morgan fingerprint density at radius 2 is 1.86 bits per heavy atom. The molecule has 5 heteroatoms. The summed E-state index contributed by atoms with van der Waals surface area (Å²) in [5.74, 6) is 1.26. The number of rotatable bonds is 8. The quantitative estimate of drug-likeness (QED) is 0.735. The third-order valence-corrected chi connectivity index (χ3v) is 4.83. The number of ether oxygens (including phenoxy) is 1. The van der Waals surface area contributed by atoms with Gasteiger partial charge >= 0.3 is 0 Å². The van der Waals surface area contributed by atoms with Crippen molar-refractivity contribution in [3.05, 3.63) is 16.3 Å². The number of anilines is 1. The Hall–Kier alpha value is -1.20. The highest BCUT2D eigenvalue weighted by Crippen LogP contribution is 2.31. The molecule has 0 spiro atoms. The number of hydrogen-bond acceptors (Lipinski definition) is 5. The maximum absolute atomic E-state index is 6.06. The fraction of sp³-hybridized carbons (Fsp3) is 0.625. The van der Waals surface area contributed by atoms with Gasteiger partial charge in [-0.05, 0) is 25.8 Å². The molecular formula is C16H25N3OS. The number of unbranched alkanes of at least 4 members (excludes halogenated alkanes) is 4. The van der Waals surface area contributed by atoms with Crippen LogP contribution in [0.25, 0.3) is 10.2 Å². The number of aromatic nitrogens is 2. The van der Waals surface area contributed by atoms with Gasteiger partial charge in [0.2, 0.25) is 0 Å². The van der Waals surface area contributed by atoms with Gasteiger partial charge < -0.3 is 10.5 Å². The molecule has 2 heterocycles. The fourth-order valence-electron chi connectivity index (χ4n) is 2.36. The summed E-state index contributed by atoms with van der Waals surface area (Å²) in [7, 11) is 0. The first-order valence-corrected chi connectivity index (χ1v) is 8.55. The number of aryl methyl sites for hydroxylation is 2. The second-order valence-electron chi connectivity index (χ2n) is 5.46. The maximum atomic E-state index is 6.06. The highest BCUT2D eigenvalue weighted by Gasteiger charge is 2.12. The number of nitrogens with two attached hydrogens (primary N) is 1. The highest BCUT2D eigenvalue weighted by molar-refractivity contribution is 7.18. The first kappa shape index (κ1) is 16.2. The Morgan fingerprint density at radius 3 is 2.62 bits per heavy atom. The Morgan fingerprint density at radius 1 is 1.10 bits per heavy atom. The van der Waals surface area contributed by atoms with Crippen LogP contribution in [-0.2, 0) is 11.3 Å². The van der Waals surface area contributed by atoms with Crippen molar-refractivity contribution in [2.24, 2.45) is 0 Å². The summed E-state index contributed by atoms with van der Waals surface area (Å²) in [4.78, 5) is 11.2. The van der Waals surface area contributed by atoms with E-state index in [-0.39, 0.29) is 0 Å². The summed E-state index contributed by atoms with van der Waals surface area (Å²) in [6.07, 6.45) is 6.22. The molecule has 4 nitrogen and oxygen atoms in total. The largest absolute Gasteiger partial charge is 0.383 e. The zero-order valence-electron chi connectivity index (χ0n) is 13.2. The lowest BCUT2D eigenvalue weighted by Crippen LogP contribution is -2.03. The molecule has 0 unspecified atom stereocenters. The van der Waals surface area contributed by atoms with Crippen LogP contribution in [0.5, 0.6) is 0 Å². The van der Waals surface area contributed by atoms with Gasteiger partial charge in [0.15, 0.2) is 5.82 Å². The molecule has 2 aromatic rings. The van der Waals surface area contributed by atoms with Gasteiger partial charge in [-0.2, -0.15) is 0 Å². The van der Waals surface area contributed by atoms with Crippen molar-refractivity contribution >= 4 is 27.4 Å². The minimum Gasteiger partial charge on any atom is -0.383 e. The van der Waals surface area contributed by atoms with E-state index in [2.05, 4.69) is 30.7 Å². The van der Waals surface area contributed by atoms with Gasteiger partial charge in [0.05, 0.1) is 5.39 Å². The van der Waals surface area contributed by atoms with Crippen LogP contribution in [0.1, 0.15) is 55.3 Å². The summed E-state index contributed by atoms with van der Waals surface area (Å²) in [6.45, 7) is 7.60. The van der Waals surface area contributed by atoms with Crippen LogP contribution in [0.2, 0.25) is 0 Å². The Balaban J connectivity index is 1.88. The molecule has 2 rings (SSSR count). The lowest BCUT2D eigenvalue weighted by molar-refractivity contribution is 0.112. The third kappa shape index (κ3) is 4.14. The van der Waals surface area contributed by atoms with Crippen LogP contribution >= 0.6 is 11.3 Å². The van der Waals surface area contributed by atoms with Crippen LogP contribution in [-0.4, -0.2) is 16.6 Å². The van der Waals surface area contributed by atoms with Crippen molar-refractivity contribution < 1.29 is 4.74 Å². The highest BCUT2D eigenvalue weighted by atomic mass is 32.1. The van der Waals surface area contributed by atoms with Crippen molar-refractivity contribution in [2.75, 3.05) is 12.3 Å². The van der Waals surface area contributed by atoms with Crippen molar-refractivity contribution in [1.82, 2.24) is 9.97 Å². The predicted octanol–water partition coefficient (Wildman–Crippen LogP) is 4.38. The van der Waals surface area contributed by atoms with Gasteiger partial charge in [-0.1, -0.05) is 32.6 Å². The van der Waals surface area contributed by atoms with Crippen LogP contribution in [0.4, 0.5) is 5.82 Å². The van der Waals surface area contributed by atoms with Gasteiger partial charge in [-0.3, -0.25) is 0 Å². The van der Waals surface area contributed by atoms with E-state index in [0.29, 0.717) is 18.2 Å². The SMILES string of the molecule is CCCCCCCOCc1nc(N)c2c(C)c(C)sc2n1. The predicted molar refractivity (Wildman–Crippen MR) is 89.7 cm³/mol. The van der Waals surface area contributed by atoms with Crippen molar-refractivity contribution in [3.8, 4) is 0 Å². The van der Waals surface area contributed by atoms with Crippen LogP contribution < -0.4 is 5.73 Å². The molecule has 116 valence electrons. The smallest absolute Gasteiger partial charge is 0.158 e. The van der Waals surface area contributed by atoms with Gasteiger partial charge in [-0.15, -0.1) is 11.3 Å². The maximum Gasteiger partial charge on any atom is 0.158 e. The lowest BCUT2D eigenvalue weighted by atomic mass is 10.2. The van der Waals surface area contributed by atoms with E-state index >= 15 is 0 Å². The van der Waals surface area contributed by atoms with Crippen molar-refractivity contribution in [1.29, 1.82) is 0 Å². The second kappa shape index (κ2) is 7.71. The van der Waals surface area contributed by atoms with E-state index in [1.165, 1.54) is 36.1 Å². The fourth-order valence-corrected chi connectivity index (χ4v) is 3.42. The summed E-state index contributed by atoms with van der Waals surface area (Å²) in [5.41, 5.74) is 7.25. The van der Waals surface area contributed by atoms with Crippen LogP contribution in [0.15, 0.2) is 0 Å². The first-order valence-electron chi connectivity index (χ1n) is 7.73. The normalized spacial score (nSPS) is 11.4. The molecule has 0 radical (unpaired) electrons. The Bertz CT molecular complexity index is 595. The molecule has 0 aliphatic heterocycles. The molecule has 0 fully saturated rings. The minimum atomic E-state index is 0.448. The minimum absolute atomic E-state index is 0.448. The molecular weight excluding hydrogens is 282 g/mol. The zero-order chi connectivity index (χ0) is 15.2. The topological polar surface area (TPSA) is 61.0 Å². The number of nitrogen functional groups attached to an aromatic ring is 1. The molecule has 2 aromatic heterocycles. The molecule has 0 aliphatic rings. The van der Waals surface area contributed by atoms with E-state index in [4.69, 9.17) is 10.5 Å². The average Bonchev–Trinajstić information content (AvgIpc) is 2.73. The van der Waals surface area contributed by atoms with E-state index in [1.54, 1.807) is 11.3 Å². The lowest BCUT2D eigenvalue weighted by Gasteiger charge is -2.05. The molecule has 0 atom stereocenters. The Kier molecular flexibility index (Phi) is 5.94. The molecule has 0 aromatic carbocycles. The second-order valence-corrected chi connectivity index (χ2v) is 6.66. The van der Waals surface area contributed by atoms with Gasteiger partial charge in [0.1, 0.15) is 17.3 Å². The third-order valence-electron chi connectivity index (χ3n) is 3.73. The van der Waals surface area contributed by atoms with Gasteiger partial charge in [-0.25, -0.2) is 9.97 Å². The molecule has 2 N–H and O–H groups in total. The standard InChI is InChI=1S/C16H25N3OS/c1-4-5-6-7-8-9-20-10-13-18-15(17)14-11(2)12(3)21-16(14)19-13/h4-10H2,1-3H3,(H2,17,18,19). The van der Waals surface area contributed by atoms with Crippen molar-refractivity contribution in [3.63, 3.8) is 0 Å². The van der Waals surface area contributed by atoms with Crippen molar-refractivity contribution in [2.45, 2.75) is 59.5 Å². The first-order chi connectivity index (χ1) is 10.1. The number of thiophene rings is 1. The number of nitrogens with zero attached hydrogens (tertiary/aromatic N) is 2. The van der Waals surface area contributed by atoms with E-state index < -0.39 is 0 Å². The summed E-state index contributed by atoms with van der Waals surface area (Å²) >= 11 is 1.67. The van der Waals surface area contributed by atoms with E-state index in [1.807, 2.05) is 0 Å². The Labute approximate surface area is 130 Å². The molecule has 0 aliphatic carbocycles. The van der Waals surface area contributed by atoms with Crippen LogP contribution in [0, 0.1) is 13.8 Å². The molecule has 0 saturated carbocycles. The molecule has 21 heavy (non-hydrogen) atoms. The monoisotopic (exact) mass is 307 g/mol. The zero-order valence-corrected chi connectivity index (χ0v) is 14.1. The summed E-state index contributed by atoms with van der Waals surface area (Å²) in [5, 5.41) is 1.00. The average molecular weight is 307 g/mol. The van der Waals surface area contributed by atoms with E-state index in [9.17, 15) is 0 Å². The molecule has 0 amide bonds. The van der Waals surface area contributed by atoms with E-state index in [0.717, 1.165) is 23.2 Å². The molecule has 0 saturated heterocycles. The number of hydrogen-bond donors (Lipinski definition) is 1.